The minimum absolute atomic E-state index is 0.0517. The Kier molecular flexibility index (Phi) is 3.52. The van der Waals surface area contributed by atoms with Gasteiger partial charge in [-0.25, -0.2) is 4.98 Å². The molecule has 0 saturated carbocycles. The van der Waals surface area contributed by atoms with Crippen molar-refractivity contribution in [1.29, 1.82) is 0 Å². The van der Waals surface area contributed by atoms with Crippen LogP contribution < -0.4 is 0 Å². The lowest BCUT2D eigenvalue weighted by atomic mass is 9.99. The number of thiophene rings is 1. The van der Waals surface area contributed by atoms with Crippen LogP contribution in [0.5, 0.6) is 0 Å². The van der Waals surface area contributed by atoms with Gasteiger partial charge in [0.2, 0.25) is 5.95 Å². The largest absolute Gasteiger partial charge is 0.456 e. The second-order valence-electron chi connectivity index (χ2n) is 12.5. The van der Waals surface area contributed by atoms with Gasteiger partial charge in [0.25, 0.3) is 0 Å². The van der Waals surface area contributed by atoms with E-state index in [9.17, 15) is 15.1 Å². The standard InChI is InChI=1S/C51H30N4OS/c1-3-12-31(13-4-1)32-22-24-34(25-23-32)49-52-50(35-26-27-38-43(30-35)56-42-20-11-18-36(46(38)42)33-14-5-2-6-15-33)54-51(53-49)55-40-19-9-7-16-37(40)47-41(55)28-29-45-48(47)39-17-8-10-21-44(39)57-45/h1-30H/i2D,5D,6D,7D,8D,9D,10D,11D,14D,15D,16D,17D,18D,19D,20D,21D,22D,23D,24D,25D,26D,27D,28D,29D,30D. The highest BCUT2D eigenvalue weighted by Crippen LogP contribution is 2.44. The van der Waals surface area contributed by atoms with Crippen LogP contribution in [-0.4, -0.2) is 19.5 Å². The summed E-state index contributed by atoms with van der Waals surface area (Å²) in [6.45, 7) is 0. The first-order chi connectivity index (χ1) is 38.7. The van der Waals surface area contributed by atoms with Crippen LogP contribution in [0.15, 0.2) is 186 Å². The van der Waals surface area contributed by atoms with E-state index in [0.717, 1.165) is 15.9 Å². The molecular weight excluding hydrogens is 717 g/mol. The average Bonchev–Trinajstić information content (AvgIpc) is 2.56. The molecule has 6 heteroatoms. The third-order valence-corrected chi connectivity index (χ3v) is 10.3. The molecule has 0 aliphatic carbocycles. The zero-order chi connectivity index (χ0) is 59.2. The van der Waals surface area contributed by atoms with Crippen LogP contribution in [0.25, 0.3) is 115 Å². The normalized spacial score (nSPS) is 18.0. The molecule has 0 spiro atoms. The lowest BCUT2D eigenvalue weighted by Gasteiger charge is -2.11. The zero-order valence-electron chi connectivity index (χ0n) is 53.5. The fourth-order valence-corrected chi connectivity index (χ4v) is 7.77. The zero-order valence-corrected chi connectivity index (χ0v) is 29.3. The lowest BCUT2D eigenvalue weighted by molar-refractivity contribution is 0.669. The summed E-state index contributed by atoms with van der Waals surface area (Å²) in [6.07, 6.45) is 0. The molecule has 0 amide bonds. The summed E-state index contributed by atoms with van der Waals surface area (Å²) in [5.74, 6) is -2.31. The minimum Gasteiger partial charge on any atom is -0.456 e. The van der Waals surface area contributed by atoms with Crippen LogP contribution in [0.2, 0.25) is 0 Å². The van der Waals surface area contributed by atoms with Gasteiger partial charge in [0.05, 0.1) is 45.3 Å². The molecular formula is C51H30N4OS. The fourth-order valence-electron chi connectivity index (χ4n) is 6.81. The van der Waals surface area contributed by atoms with Crippen molar-refractivity contribution in [2.75, 3.05) is 0 Å². The molecule has 4 aromatic heterocycles. The number of furan rings is 1. The Morgan fingerprint density at radius 3 is 2.05 bits per heavy atom. The number of hydrogen-bond donors (Lipinski definition) is 0. The van der Waals surface area contributed by atoms with Crippen LogP contribution >= 0.6 is 11.3 Å². The SMILES string of the molecule is [2H]c1c([2H])c([2H])c(-c2c([2H])c([2H])c([2H])c3oc4c([2H])c(-c5nc(-c6c([2H])c([2H])c(-c7ccccc7)c([2H])c6[2H])nc(-n6c7c([2H])c([2H])c([2H])c([2H])c7c7c8c(sc9c([2H])c([2H])c([2H])c([2H])c98)c([2H])c([2H])c76)n5)c([2H])c([2H])c4c23)c([2H])c1[2H]. The molecule has 0 N–H and O–H groups in total. The van der Waals surface area contributed by atoms with Crippen molar-refractivity contribution in [3.63, 3.8) is 0 Å². The third-order valence-electron chi connectivity index (χ3n) is 9.26. The fraction of sp³-hybridized carbons (Fsp3) is 0. The quantitative estimate of drug-likeness (QED) is 0.175. The highest BCUT2D eigenvalue weighted by molar-refractivity contribution is 7.26. The number of rotatable bonds is 5. The van der Waals surface area contributed by atoms with Gasteiger partial charge in [-0.1, -0.05) is 139 Å². The van der Waals surface area contributed by atoms with Gasteiger partial charge in [-0.05, 0) is 64.6 Å². The Balaban J connectivity index is 1.27. The van der Waals surface area contributed by atoms with Gasteiger partial charge in [0.1, 0.15) is 11.2 Å². The van der Waals surface area contributed by atoms with E-state index < -0.39 is 224 Å². The van der Waals surface area contributed by atoms with E-state index in [1.54, 1.807) is 30.3 Å². The summed E-state index contributed by atoms with van der Waals surface area (Å²) in [4.78, 5) is 13.8. The molecule has 12 aromatic rings. The Hall–Kier alpha value is -7.41. The Bertz CT molecular complexity index is 4940. The number of fused-ring (bicyclic) bond motifs is 10. The molecule has 0 saturated heterocycles. The highest BCUT2D eigenvalue weighted by atomic mass is 32.1. The van der Waals surface area contributed by atoms with Gasteiger partial charge < -0.3 is 4.42 Å². The first-order valence-corrected chi connectivity index (χ1v) is 17.8. The highest BCUT2D eigenvalue weighted by Gasteiger charge is 2.22. The Morgan fingerprint density at radius 2 is 1.19 bits per heavy atom. The maximum Gasteiger partial charge on any atom is 0.238 e. The average molecular weight is 772 g/mol. The molecule has 12 rings (SSSR count). The molecule has 266 valence electrons. The first-order valence-electron chi connectivity index (χ1n) is 29.5. The van der Waals surface area contributed by atoms with Crippen molar-refractivity contribution in [2.24, 2.45) is 0 Å². The van der Waals surface area contributed by atoms with E-state index in [1.807, 2.05) is 0 Å². The third kappa shape index (κ3) is 5.04. The van der Waals surface area contributed by atoms with Crippen LogP contribution in [0.3, 0.4) is 0 Å². The van der Waals surface area contributed by atoms with Crippen LogP contribution in [0, 0.1) is 0 Å². The molecule has 5 nitrogen and oxygen atoms in total. The molecule has 4 heterocycles. The van der Waals surface area contributed by atoms with E-state index in [0.29, 0.717) is 0 Å². The van der Waals surface area contributed by atoms with Crippen LogP contribution in [-0.2, 0) is 0 Å². The van der Waals surface area contributed by atoms with E-state index in [2.05, 4.69) is 15.0 Å². The monoisotopic (exact) mass is 771 g/mol. The number of nitrogens with zero attached hydrogens (tertiary/aromatic N) is 4. The Labute approximate surface area is 365 Å². The molecule has 0 atom stereocenters. The molecule has 8 aromatic carbocycles. The molecule has 0 fully saturated rings. The second-order valence-corrected chi connectivity index (χ2v) is 13.5. The summed E-state index contributed by atoms with van der Waals surface area (Å²) in [7, 11) is 0. The van der Waals surface area contributed by atoms with E-state index in [1.165, 1.54) is 0 Å². The Morgan fingerprint density at radius 1 is 0.456 bits per heavy atom. The van der Waals surface area contributed by atoms with Crippen LogP contribution in [0.4, 0.5) is 0 Å². The topological polar surface area (TPSA) is 56.7 Å². The van der Waals surface area contributed by atoms with Crippen molar-refractivity contribution in [3.05, 3.63) is 181 Å². The van der Waals surface area contributed by atoms with Gasteiger partial charge in [-0.2, -0.15) is 9.97 Å². The van der Waals surface area contributed by atoms with Crippen molar-refractivity contribution >= 4 is 75.3 Å². The summed E-state index contributed by atoms with van der Waals surface area (Å²) >= 11 is 0.747. The first kappa shape index (κ1) is 16.0. The van der Waals surface area contributed by atoms with Crippen molar-refractivity contribution in [1.82, 2.24) is 19.5 Å². The van der Waals surface area contributed by atoms with Gasteiger partial charge in [0, 0.05) is 52.8 Å². The number of para-hydroxylation sites is 1. The number of hydrogen-bond acceptors (Lipinski definition) is 5. The number of benzene rings is 8. The van der Waals surface area contributed by atoms with Crippen LogP contribution in [0.1, 0.15) is 34.3 Å². The molecule has 0 aliphatic rings. The number of aromatic nitrogens is 4. The minimum atomic E-state index is -0.929. The van der Waals surface area contributed by atoms with E-state index in [4.69, 9.17) is 23.6 Å². The molecule has 0 aliphatic heterocycles. The molecule has 0 radical (unpaired) electrons. The predicted octanol–water partition coefficient (Wildman–Crippen LogP) is 13.9. The van der Waals surface area contributed by atoms with Crippen molar-refractivity contribution in [3.8, 4) is 51.0 Å². The van der Waals surface area contributed by atoms with Gasteiger partial charge in [-0.3, -0.25) is 4.57 Å². The van der Waals surface area contributed by atoms with E-state index in [-0.39, 0.29) is 42.1 Å². The van der Waals surface area contributed by atoms with Gasteiger partial charge in [-0.15, -0.1) is 11.3 Å². The maximum absolute atomic E-state index is 9.77. The van der Waals surface area contributed by atoms with Crippen molar-refractivity contribution < 1.29 is 38.7 Å². The summed E-state index contributed by atoms with van der Waals surface area (Å²) in [5, 5.41) is -1.78. The second kappa shape index (κ2) is 12.6. The van der Waals surface area contributed by atoms with Gasteiger partial charge >= 0.3 is 0 Å². The lowest BCUT2D eigenvalue weighted by Crippen LogP contribution is -2.06. The molecule has 57 heavy (non-hydrogen) atoms. The molecule has 0 bridgehead atoms. The molecule has 0 unspecified atom stereocenters. The summed E-state index contributed by atoms with van der Waals surface area (Å²) in [6, 6.07) is -10.7. The predicted molar refractivity (Wildman–Crippen MR) is 236 cm³/mol. The van der Waals surface area contributed by atoms with Gasteiger partial charge in [0.15, 0.2) is 11.6 Å². The van der Waals surface area contributed by atoms with E-state index >= 15 is 0 Å². The summed E-state index contributed by atoms with van der Waals surface area (Å²) in [5.41, 5.74) is -4.55. The van der Waals surface area contributed by atoms with Crippen molar-refractivity contribution in [2.45, 2.75) is 0 Å². The summed E-state index contributed by atoms with van der Waals surface area (Å²) < 4.78 is 233. The smallest absolute Gasteiger partial charge is 0.238 e. The maximum atomic E-state index is 9.77.